The third-order valence-corrected chi connectivity index (χ3v) is 4.73. The van der Waals surface area contributed by atoms with E-state index in [1.54, 1.807) is 0 Å². The molecule has 0 saturated carbocycles. The monoisotopic (exact) mass is 368 g/mol. The number of aryl methyl sites for hydroxylation is 1. The summed E-state index contributed by atoms with van der Waals surface area (Å²) < 4.78 is 4.63. The molecule has 1 heterocycles. The van der Waals surface area contributed by atoms with Crippen molar-refractivity contribution in [2.75, 3.05) is 25.5 Å². The molecule has 25 heavy (non-hydrogen) atoms. The van der Waals surface area contributed by atoms with Gasteiger partial charge in [0.25, 0.3) is 0 Å². The van der Waals surface area contributed by atoms with Crippen LogP contribution in [0, 0.1) is 11.8 Å². The Labute approximate surface area is 156 Å². The van der Waals surface area contributed by atoms with Crippen LogP contribution in [-0.2, 0) is 20.7 Å². The lowest BCUT2D eigenvalue weighted by Gasteiger charge is -2.28. The summed E-state index contributed by atoms with van der Waals surface area (Å²) in [5.41, 5.74) is 1.86. The number of hydrogen-bond donors (Lipinski definition) is 2. The Morgan fingerprint density at radius 1 is 1.32 bits per heavy atom. The van der Waals surface area contributed by atoms with Crippen LogP contribution in [0.3, 0.4) is 0 Å². The van der Waals surface area contributed by atoms with Crippen molar-refractivity contribution in [2.45, 2.75) is 39.0 Å². The van der Waals surface area contributed by atoms with Gasteiger partial charge in [0, 0.05) is 18.5 Å². The van der Waals surface area contributed by atoms with E-state index in [1.165, 1.54) is 20.0 Å². The maximum atomic E-state index is 12.2. The van der Waals surface area contributed by atoms with Gasteiger partial charge in [-0.2, -0.15) is 0 Å². The normalized spacial score (nSPS) is 17.9. The molecule has 5 nitrogen and oxygen atoms in total. The lowest BCUT2D eigenvalue weighted by Crippen LogP contribution is -2.34. The lowest BCUT2D eigenvalue weighted by molar-refractivity contribution is -0.140. The highest BCUT2D eigenvalue weighted by molar-refractivity contribution is 5.90. The second-order valence-corrected chi connectivity index (χ2v) is 6.61. The summed E-state index contributed by atoms with van der Waals surface area (Å²) in [6, 6.07) is 7.65. The third kappa shape index (κ3) is 7.45. The van der Waals surface area contributed by atoms with Crippen molar-refractivity contribution >= 4 is 30.0 Å². The van der Waals surface area contributed by atoms with Gasteiger partial charge in [-0.3, -0.25) is 9.59 Å². The van der Waals surface area contributed by atoms with E-state index in [0.29, 0.717) is 31.1 Å². The number of nitrogens with one attached hydrogen (secondary N) is 2. The number of ether oxygens (including phenoxy) is 1. The van der Waals surface area contributed by atoms with E-state index in [9.17, 15) is 9.59 Å². The highest BCUT2D eigenvalue weighted by atomic mass is 35.5. The van der Waals surface area contributed by atoms with Gasteiger partial charge in [-0.25, -0.2) is 0 Å². The lowest BCUT2D eigenvalue weighted by atomic mass is 9.85. The van der Waals surface area contributed by atoms with E-state index >= 15 is 0 Å². The van der Waals surface area contributed by atoms with Crippen LogP contribution in [0.4, 0.5) is 5.69 Å². The van der Waals surface area contributed by atoms with Crippen LogP contribution in [0.5, 0.6) is 0 Å². The molecule has 2 N–H and O–H groups in total. The summed E-state index contributed by atoms with van der Waals surface area (Å²) in [6.45, 7) is 4.27. The molecule has 0 bridgehead atoms. The molecule has 1 aliphatic rings. The zero-order valence-corrected chi connectivity index (χ0v) is 15.9. The minimum atomic E-state index is -0.210. The molecule has 0 radical (unpaired) electrons. The number of esters is 1. The molecule has 1 aromatic rings. The van der Waals surface area contributed by atoms with Gasteiger partial charge < -0.3 is 15.4 Å². The molecular weight excluding hydrogens is 340 g/mol. The predicted molar refractivity (Wildman–Crippen MR) is 102 cm³/mol. The zero-order valence-electron chi connectivity index (χ0n) is 15.0. The topological polar surface area (TPSA) is 67.4 Å². The number of rotatable bonds is 7. The minimum Gasteiger partial charge on any atom is -0.469 e. The van der Waals surface area contributed by atoms with Crippen molar-refractivity contribution in [1.82, 2.24) is 5.32 Å². The molecule has 0 aliphatic carbocycles. The molecule has 2 rings (SSSR count). The summed E-state index contributed by atoms with van der Waals surface area (Å²) in [7, 11) is 1.39. The highest BCUT2D eigenvalue weighted by Gasteiger charge is 2.21. The average Bonchev–Trinajstić information content (AvgIpc) is 2.61. The number of piperidine rings is 1. The van der Waals surface area contributed by atoms with Gasteiger partial charge in [-0.15, -0.1) is 12.4 Å². The third-order valence-electron chi connectivity index (χ3n) is 4.73. The fourth-order valence-corrected chi connectivity index (χ4v) is 3.14. The summed E-state index contributed by atoms with van der Waals surface area (Å²) in [5, 5.41) is 6.37. The maximum absolute atomic E-state index is 12.2. The van der Waals surface area contributed by atoms with E-state index in [0.717, 1.165) is 24.3 Å². The number of hydrogen-bond acceptors (Lipinski definition) is 4. The summed E-state index contributed by atoms with van der Waals surface area (Å²) >= 11 is 0. The Balaban J connectivity index is 0.00000312. The van der Waals surface area contributed by atoms with E-state index in [2.05, 4.69) is 22.3 Å². The number of amides is 1. The second-order valence-electron chi connectivity index (χ2n) is 6.61. The average molecular weight is 369 g/mol. The Hall–Kier alpha value is -1.59. The number of halogens is 1. The zero-order chi connectivity index (χ0) is 17.4. The van der Waals surface area contributed by atoms with E-state index in [1.807, 2.05) is 24.3 Å². The number of carbonyl (C=O) groups is 2. The molecule has 1 fully saturated rings. The first-order valence-corrected chi connectivity index (χ1v) is 8.75. The molecule has 0 spiro atoms. The van der Waals surface area contributed by atoms with Crippen LogP contribution >= 0.6 is 12.4 Å². The quantitative estimate of drug-likeness (QED) is 0.725. The first kappa shape index (κ1) is 21.5. The fourth-order valence-electron chi connectivity index (χ4n) is 3.14. The molecule has 1 saturated heterocycles. The van der Waals surface area contributed by atoms with Crippen molar-refractivity contribution in [3.05, 3.63) is 29.8 Å². The molecular formula is C19H29ClN2O3. The van der Waals surface area contributed by atoms with Gasteiger partial charge in [-0.1, -0.05) is 19.1 Å². The van der Waals surface area contributed by atoms with Crippen molar-refractivity contribution in [1.29, 1.82) is 0 Å². The van der Waals surface area contributed by atoms with Gasteiger partial charge >= 0.3 is 5.97 Å². The van der Waals surface area contributed by atoms with Gasteiger partial charge in [0.15, 0.2) is 0 Å². The molecule has 2 unspecified atom stereocenters. The van der Waals surface area contributed by atoms with E-state index in [4.69, 9.17) is 0 Å². The first-order chi connectivity index (χ1) is 11.6. The van der Waals surface area contributed by atoms with Gasteiger partial charge in [0.2, 0.25) is 5.91 Å². The maximum Gasteiger partial charge on any atom is 0.305 e. The summed E-state index contributed by atoms with van der Waals surface area (Å²) in [6.07, 6.45) is 3.97. The molecule has 1 amide bonds. The molecule has 6 heteroatoms. The van der Waals surface area contributed by atoms with Crippen LogP contribution in [0.1, 0.15) is 38.2 Å². The smallest absolute Gasteiger partial charge is 0.305 e. The van der Waals surface area contributed by atoms with Crippen LogP contribution in [-0.4, -0.2) is 32.1 Å². The minimum absolute atomic E-state index is 0. The second kappa shape index (κ2) is 11.1. The standard InChI is InChI=1S/C19H28N2O3.ClH/c1-14(16-4-3-11-20-13-16)12-18(22)21-17-8-5-15(6-9-17)7-10-19(23)24-2;/h5-6,8-9,14,16,20H,3-4,7,10-13H2,1-2H3,(H,21,22);1H. The van der Waals surface area contributed by atoms with Crippen LogP contribution in [0.15, 0.2) is 24.3 Å². The van der Waals surface area contributed by atoms with Crippen molar-refractivity contribution < 1.29 is 14.3 Å². The number of carbonyl (C=O) groups excluding carboxylic acids is 2. The number of benzene rings is 1. The van der Waals surface area contributed by atoms with Gasteiger partial charge in [0.1, 0.15) is 0 Å². The first-order valence-electron chi connectivity index (χ1n) is 8.75. The SMILES string of the molecule is COC(=O)CCc1ccc(NC(=O)CC(C)C2CCCNC2)cc1.Cl. The Kier molecular flexibility index (Phi) is 9.53. The summed E-state index contributed by atoms with van der Waals surface area (Å²) in [4.78, 5) is 23.4. The molecule has 1 aliphatic heterocycles. The Bertz CT molecular complexity index is 542. The van der Waals surface area contributed by atoms with Crippen molar-refractivity contribution in [3.8, 4) is 0 Å². The van der Waals surface area contributed by atoms with E-state index in [-0.39, 0.29) is 24.3 Å². The molecule has 140 valence electrons. The van der Waals surface area contributed by atoms with Gasteiger partial charge in [-0.05, 0) is 61.9 Å². The predicted octanol–water partition coefficient (Wildman–Crippen LogP) is 3.18. The van der Waals surface area contributed by atoms with Crippen LogP contribution in [0.25, 0.3) is 0 Å². The highest BCUT2D eigenvalue weighted by Crippen LogP contribution is 2.23. The van der Waals surface area contributed by atoms with E-state index < -0.39 is 0 Å². The number of methoxy groups -OCH3 is 1. The Morgan fingerprint density at radius 2 is 2.04 bits per heavy atom. The molecule has 2 atom stereocenters. The molecule has 0 aromatic heterocycles. The van der Waals surface area contributed by atoms with Crippen LogP contribution in [0.2, 0.25) is 0 Å². The number of anilines is 1. The fraction of sp³-hybridized carbons (Fsp3) is 0.579. The molecule has 1 aromatic carbocycles. The largest absolute Gasteiger partial charge is 0.469 e. The van der Waals surface area contributed by atoms with Crippen molar-refractivity contribution in [3.63, 3.8) is 0 Å². The van der Waals surface area contributed by atoms with Crippen molar-refractivity contribution in [2.24, 2.45) is 11.8 Å². The van der Waals surface area contributed by atoms with Gasteiger partial charge in [0.05, 0.1) is 7.11 Å². The van der Waals surface area contributed by atoms with Crippen LogP contribution < -0.4 is 10.6 Å². The summed E-state index contributed by atoms with van der Waals surface area (Å²) in [5.74, 6) is 0.830. The Morgan fingerprint density at radius 3 is 2.64 bits per heavy atom.